The molecule has 2 rings (SSSR count). The van der Waals surface area contributed by atoms with Gasteiger partial charge >= 0.3 is 0 Å². The number of carbonyl (C=O) groups is 2. The van der Waals surface area contributed by atoms with Crippen LogP contribution in [0.5, 0.6) is 0 Å². The van der Waals surface area contributed by atoms with Gasteiger partial charge in [-0.3, -0.25) is 9.59 Å². The van der Waals surface area contributed by atoms with Crippen LogP contribution in [0, 0.1) is 0 Å². The highest BCUT2D eigenvalue weighted by Gasteiger charge is 2.06. The average molecular weight is 296 g/mol. The molecule has 2 N–H and O–H groups in total. The average Bonchev–Trinajstić information content (AvgIpc) is 2.54. The first-order chi connectivity index (χ1) is 10.6. The number of rotatable bonds is 6. The number of benzene rings is 1. The first-order valence-electron chi connectivity index (χ1n) is 6.69. The summed E-state index contributed by atoms with van der Waals surface area (Å²) in [5, 5.41) is 5.64. The summed E-state index contributed by atoms with van der Waals surface area (Å²) in [7, 11) is 0. The van der Waals surface area contributed by atoms with Crippen LogP contribution < -0.4 is 10.6 Å². The summed E-state index contributed by atoms with van der Waals surface area (Å²) in [6.45, 7) is 5.43. The van der Waals surface area contributed by atoms with Gasteiger partial charge in [-0.15, -0.1) is 6.58 Å². The van der Waals surface area contributed by atoms with Crippen LogP contribution in [0.15, 0.2) is 49.3 Å². The normalized spacial score (nSPS) is 9.86. The van der Waals surface area contributed by atoms with Gasteiger partial charge in [0.15, 0.2) is 5.78 Å². The van der Waals surface area contributed by atoms with Crippen molar-refractivity contribution in [2.75, 3.05) is 11.9 Å². The summed E-state index contributed by atoms with van der Waals surface area (Å²) in [4.78, 5) is 31.1. The van der Waals surface area contributed by atoms with E-state index < -0.39 is 0 Å². The minimum absolute atomic E-state index is 0.0117. The highest BCUT2D eigenvalue weighted by Crippen LogP contribution is 2.14. The van der Waals surface area contributed by atoms with Crippen LogP contribution in [-0.4, -0.2) is 28.2 Å². The molecule has 0 fully saturated rings. The fraction of sp³-hybridized carbons (Fsp3) is 0.125. The van der Waals surface area contributed by atoms with Crippen molar-refractivity contribution in [3.8, 4) is 0 Å². The number of ketones is 1. The van der Waals surface area contributed by atoms with Gasteiger partial charge in [0.2, 0.25) is 5.95 Å². The third-order valence-electron chi connectivity index (χ3n) is 2.87. The molecule has 6 heteroatoms. The van der Waals surface area contributed by atoms with Gasteiger partial charge in [-0.25, -0.2) is 9.97 Å². The zero-order valence-electron chi connectivity index (χ0n) is 12.2. The van der Waals surface area contributed by atoms with Gasteiger partial charge in [-0.2, -0.15) is 0 Å². The molecule has 0 saturated carbocycles. The fourth-order valence-corrected chi connectivity index (χ4v) is 1.69. The second-order valence-corrected chi connectivity index (χ2v) is 4.55. The number of carbonyl (C=O) groups excluding carboxylic acids is 2. The Morgan fingerprint density at radius 2 is 1.77 bits per heavy atom. The van der Waals surface area contributed by atoms with Crippen molar-refractivity contribution in [2.24, 2.45) is 0 Å². The monoisotopic (exact) mass is 296 g/mol. The Morgan fingerprint density at radius 1 is 1.14 bits per heavy atom. The van der Waals surface area contributed by atoms with E-state index in [2.05, 4.69) is 27.2 Å². The van der Waals surface area contributed by atoms with Gasteiger partial charge in [0.05, 0.1) is 5.56 Å². The van der Waals surface area contributed by atoms with Crippen molar-refractivity contribution in [2.45, 2.75) is 6.92 Å². The summed E-state index contributed by atoms with van der Waals surface area (Å²) in [5.41, 5.74) is 1.77. The zero-order chi connectivity index (χ0) is 15.9. The molecule has 0 spiro atoms. The SMILES string of the molecule is C=CCNC(=O)c1cnc(Nc2ccc(C(C)=O)cc2)nc1. The van der Waals surface area contributed by atoms with Crippen molar-refractivity contribution in [1.29, 1.82) is 0 Å². The molecule has 0 aliphatic heterocycles. The molecule has 1 aromatic carbocycles. The van der Waals surface area contributed by atoms with Crippen molar-refractivity contribution < 1.29 is 9.59 Å². The van der Waals surface area contributed by atoms with Crippen LogP contribution in [0.4, 0.5) is 11.6 Å². The first-order valence-corrected chi connectivity index (χ1v) is 6.69. The first kappa shape index (κ1) is 15.4. The Hall–Kier alpha value is -3.02. The Morgan fingerprint density at radius 3 is 2.32 bits per heavy atom. The molecular weight excluding hydrogens is 280 g/mol. The van der Waals surface area contributed by atoms with Crippen molar-refractivity contribution >= 4 is 23.3 Å². The summed E-state index contributed by atoms with van der Waals surface area (Å²) in [5.74, 6) is 0.130. The predicted octanol–water partition coefficient (Wildman–Crippen LogP) is 2.34. The lowest BCUT2D eigenvalue weighted by Crippen LogP contribution is -2.23. The maximum atomic E-state index is 11.7. The third-order valence-corrected chi connectivity index (χ3v) is 2.87. The molecule has 1 aromatic heterocycles. The summed E-state index contributed by atoms with van der Waals surface area (Å²) in [6.07, 6.45) is 4.48. The molecule has 0 atom stereocenters. The van der Waals surface area contributed by atoms with E-state index in [0.717, 1.165) is 5.69 Å². The van der Waals surface area contributed by atoms with E-state index in [1.165, 1.54) is 19.3 Å². The number of aromatic nitrogens is 2. The maximum Gasteiger partial charge on any atom is 0.254 e. The van der Waals surface area contributed by atoms with Crippen LogP contribution in [0.25, 0.3) is 0 Å². The quantitative estimate of drug-likeness (QED) is 0.631. The standard InChI is InChI=1S/C16H16N4O2/c1-3-8-17-15(22)13-9-18-16(19-10-13)20-14-6-4-12(5-7-14)11(2)21/h3-7,9-10H,1,8H2,2H3,(H,17,22)(H,18,19,20). The number of Topliss-reactive ketones (excluding diaryl/α,β-unsaturated/α-hetero) is 1. The lowest BCUT2D eigenvalue weighted by Gasteiger charge is -2.06. The van der Waals surface area contributed by atoms with E-state index in [0.29, 0.717) is 23.6 Å². The van der Waals surface area contributed by atoms with Gasteiger partial charge in [0.25, 0.3) is 5.91 Å². The number of nitrogens with one attached hydrogen (secondary N) is 2. The zero-order valence-corrected chi connectivity index (χ0v) is 12.2. The van der Waals surface area contributed by atoms with Crippen molar-refractivity contribution in [3.05, 3.63) is 60.4 Å². The van der Waals surface area contributed by atoms with Crippen molar-refractivity contribution in [3.63, 3.8) is 0 Å². The lowest BCUT2D eigenvalue weighted by molar-refractivity contribution is 0.0956. The molecule has 112 valence electrons. The molecule has 0 aliphatic carbocycles. The number of anilines is 2. The Labute approximate surface area is 128 Å². The molecule has 1 heterocycles. The Bertz CT molecular complexity index is 678. The molecule has 0 saturated heterocycles. The molecule has 0 unspecified atom stereocenters. The largest absolute Gasteiger partial charge is 0.348 e. The van der Waals surface area contributed by atoms with E-state index in [4.69, 9.17) is 0 Å². The number of amides is 1. The minimum Gasteiger partial charge on any atom is -0.348 e. The molecule has 22 heavy (non-hydrogen) atoms. The van der Waals surface area contributed by atoms with Gasteiger partial charge in [-0.05, 0) is 31.2 Å². The second-order valence-electron chi connectivity index (χ2n) is 4.55. The summed E-state index contributed by atoms with van der Waals surface area (Å²) in [6, 6.07) is 6.99. The molecule has 0 aliphatic rings. The Balaban J connectivity index is 2.03. The van der Waals surface area contributed by atoms with Crippen molar-refractivity contribution in [1.82, 2.24) is 15.3 Å². The molecule has 2 aromatic rings. The fourth-order valence-electron chi connectivity index (χ4n) is 1.69. The molecule has 1 amide bonds. The van der Waals surface area contributed by atoms with Crippen LogP contribution in [0.2, 0.25) is 0 Å². The lowest BCUT2D eigenvalue weighted by atomic mass is 10.1. The smallest absolute Gasteiger partial charge is 0.254 e. The van der Waals surface area contributed by atoms with E-state index in [1.807, 2.05) is 0 Å². The number of hydrogen-bond acceptors (Lipinski definition) is 5. The highest BCUT2D eigenvalue weighted by atomic mass is 16.1. The summed E-state index contributed by atoms with van der Waals surface area (Å²) >= 11 is 0. The van der Waals surface area contributed by atoms with E-state index in [9.17, 15) is 9.59 Å². The predicted molar refractivity (Wildman–Crippen MR) is 84.3 cm³/mol. The van der Waals surface area contributed by atoms with E-state index in [1.54, 1.807) is 30.3 Å². The van der Waals surface area contributed by atoms with Gasteiger partial charge in [-0.1, -0.05) is 6.08 Å². The third kappa shape index (κ3) is 3.99. The second kappa shape index (κ2) is 7.12. The number of nitrogens with zero attached hydrogens (tertiary/aromatic N) is 2. The molecule has 0 bridgehead atoms. The van der Waals surface area contributed by atoms with Crippen LogP contribution in [0.1, 0.15) is 27.6 Å². The van der Waals surface area contributed by atoms with Gasteiger partial charge in [0.1, 0.15) is 0 Å². The molecule has 6 nitrogen and oxygen atoms in total. The Kier molecular flexibility index (Phi) is 4.98. The molecular formula is C16H16N4O2. The topological polar surface area (TPSA) is 84.0 Å². The van der Waals surface area contributed by atoms with E-state index in [-0.39, 0.29) is 11.7 Å². The van der Waals surface area contributed by atoms with Gasteiger partial charge in [0, 0.05) is 30.2 Å². The molecule has 0 radical (unpaired) electrons. The summed E-state index contributed by atoms with van der Waals surface area (Å²) < 4.78 is 0. The maximum absolute atomic E-state index is 11.7. The number of hydrogen-bond donors (Lipinski definition) is 2. The van der Waals surface area contributed by atoms with Crippen LogP contribution in [-0.2, 0) is 0 Å². The minimum atomic E-state index is -0.253. The highest BCUT2D eigenvalue weighted by molar-refractivity contribution is 5.94. The van der Waals surface area contributed by atoms with Crippen LogP contribution >= 0.6 is 0 Å². The van der Waals surface area contributed by atoms with E-state index >= 15 is 0 Å². The van der Waals surface area contributed by atoms with Gasteiger partial charge < -0.3 is 10.6 Å². The van der Waals surface area contributed by atoms with Crippen LogP contribution in [0.3, 0.4) is 0 Å².